The van der Waals surface area contributed by atoms with Crippen molar-refractivity contribution in [3.63, 3.8) is 0 Å². The number of benzene rings is 1. The van der Waals surface area contributed by atoms with Crippen molar-refractivity contribution in [1.82, 2.24) is 4.98 Å². The van der Waals surface area contributed by atoms with Gasteiger partial charge < -0.3 is 5.32 Å². The molecule has 5 nitrogen and oxygen atoms in total. The lowest BCUT2D eigenvalue weighted by Crippen LogP contribution is -2.49. The van der Waals surface area contributed by atoms with Crippen LogP contribution in [0.5, 0.6) is 0 Å². The number of nitrogens with one attached hydrogen (secondary N) is 1. The van der Waals surface area contributed by atoms with Gasteiger partial charge >= 0.3 is 0 Å². The minimum absolute atomic E-state index is 0.00112. The second-order valence-corrected chi connectivity index (χ2v) is 6.60. The molecule has 1 aromatic heterocycles. The fourth-order valence-electron chi connectivity index (χ4n) is 2.96. The van der Waals surface area contributed by atoms with Crippen molar-refractivity contribution in [2.45, 2.75) is 22.6 Å². The number of hydrogen-bond donors (Lipinski definition) is 1. The highest BCUT2D eigenvalue weighted by atomic mass is 32.2. The molecule has 1 N–H and O–H groups in total. The smallest absolute Gasteiger partial charge is 0.261 e. The van der Waals surface area contributed by atoms with Gasteiger partial charge in [-0.25, -0.2) is 0 Å². The van der Waals surface area contributed by atoms with Gasteiger partial charge in [0.2, 0.25) is 5.91 Å². The Morgan fingerprint density at radius 3 is 2.95 bits per heavy atom. The lowest BCUT2D eigenvalue weighted by molar-refractivity contribution is -0.121. The van der Waals surface area contributed by atoms with Crippen LogP contribution in [0.25, 0.3) is 0 Å². The van der Waals surface area contributed by atoms with Gasteiger partial charge in [0.1, 0.15) is 0 Å². The Morgan fingerprint density at radius 2 is 2.14 bits per heavy atom. The highest BCUT2D eigenvalue weighted by Gasteiger charge is 2.57. The molecular weight excluding hydrogens is 298 g/mol. The molecule has 22 heavy (non-hydrogen) atoms. The first-order valence-electron chi connectivity index (χ1n) is 7.03. The molecule has 1 unspecified atom stereocenters. The Kier molecular flexibility index (Phi) is 2.94. The van der Waals surface area contributed by atoms with E-state index < -0.39 is 4.87 Å². The number of fused-ring (bicyclic) bond motifs is 3. The number of anilines is 2. The number of carbonyl (C=O) groups excluding carboxylic acids is 2. The van der Waals surface area contributed by atoms with Crippen molar-refractivity contribution >= 4 is 35.0 Å². The number of aromatic nitrogens is 1. The Balaban J connectivity index is 1.71. The Bertz CT molecular complexity index is 765. The third-order valence-corrected chi connectivity index (χ3v) is 5.42. The van der Waals surface area contributed by atoms with Crippen LogP contribution in [0.4, 0.5) is 11.4 Å². The Morgan fingerprint density at radius 1 is 1.27 bits per heavy atom. The van der Waals surface area contributed by atoms with Crippen LogP contribution in [-0.2, 0) is 9.59 Å². The summed E-state index contributed by atoms with van der Waals surface area (Å²) >= 11 is 1.46. The van der Waals surface area contributed by atoms with E-state index >= 15 is 0 Å². The molecule has 0 radical (unpaired) electrons. The molecule has 0 bridgehead atoms. The van der Waals surface area contributed by atoms with Crippen LogP contribution in [-0.4, -0.2) is 21.7 Å². The number of para-hydroxylation sites is 1. The molecule has 0 spiro atoms. The third-order valence-electron chi connectivity index (χ3n) is 3.95. The minimum Gasteiger partial charge on any atom is -0.322 e. The van der Waals surface area contributed by atoms with Crippen LogP contribution in [0, 0.1) is 0 Å². The summed E-state index contributed by atoms with van der Waals surface area (Å²) in [6, 6.07) is 11.2. The zero-order chi connectivity index (χ0) is 15.2. The maximum atomic E-state index is 12.9. The number of carbonyl (C=O) groups is 2. The number of hydrogen-bond acceptors (Lipinski definition) is 4. The largest absolute Gasteiger partial charge is 0.322 e. The van der Waals surface area contributed by atoms with Gasteiger partial charge in [0.25, 0.3) is 5.91 Å². The van der Waals surface area contributed by atoms with Crippen molar-refractivity contribution in [3.8, 4) is 0 Å². The number of pyridine rings is 1. The fraction of sp³-hybridized carbons (Fsp3) is 0.188. The fourth-order valence-corrected chi connectivity index (χ4v) is 4.38. The molecular formula is C16H13N3O2S. The standard InChI is InChI=1S/C16H13N3O2S/c20-14-7-8-16(15(21)18-11-4-3-9-17-10-11)19(14)12-5-1-2-6-13(12)22-16/h1-6,9-10H,7-8H2,(H,18,21). The van der Waals surface area contributed by atoms with Crippen molar-refractivity contribution < 1.29 is 9.59 Å². The van der Waals surface area contributed by atoms with Crippen LogP contribution < -0.4 is 10.2 Å². The molecule has 1 fully saturated rings. The van der Waals surface area contributed by atoms with Crippen LogP contribution in [0.3, 0.4) is 0 Å². The van der Waals surface area contributed by atoms with Crippen molar-refractivity contribution in [1.29, 1.82) is 0 Å². The zero-order valence-electron chi connectivity index (χ0n) is 11.7. The maximum absolute atomic E-state index is 12.9. The van der Waals surface area contributed by atoms with Gasteiger partial charge in [0.15, 0.2) is 4.87 Å². The molecule has 2 aliphatic rings. The number of thioether (sulfide) groups is 1. The quantitative estimate of drug-likeness (QED) is 0.926. The summed E-state index contributed by atoms with van der Waals surface area (Å²) < 4.78 is 0. The summed E-state index contributed by atoms with van der Waals surface area (Å²) in [4.78, 5) is 30.9. The molecule has 0 saturated carbocycles. The second kappa shape index (κ2) is 4.84. The molecule has 1 aromatic carbocycles. The van der Waals surface area contributed by atoms with Crippen LogP contribution in [0.2, 0.25) is 0 Å². The van der Waals surface area contributed by atoms with E-state index in [1.54, 1.807) is 29.4 Å². The molecule has 4 rings (SSSR count). The average molecular weight is 311 g/mol. The normalized spacial score (nSPS) is 22.4. The molecule has 110 valence electrons. The summed E-state index contributed by atoms with van der Waals surface area (Å²) in [5, 5.41) is 2.89. The van der Waals surface area contributed by atoms with E-state index in [-0.39, 0.29) is 11.8 Å². The summed E-state index contributed by atoms with van der Waals surface area (Å²) in [5.74, 6) is -0.175. The van der Waals surface area contributed by atoms with E-state index in [2.05, 4.69) is 10.3 Å². The van der Waals surface area contributed by atoms with E-state index in [9.17, 15) is 9.59 Å². The predicted molar refractivity (Wildman–Crippen MR) is 84.6 cm³/mol. The lowest BCUT2D eigenvalue weighted by Gasteiger charge is -2.29. The number of rotatable bonds is 2. The average Bonchev–Trinajstić information content (AvgIpc) is 3.05. The van der Waals surface area contributed by atoms with E-state index in [1.165, 1.54) is 11.8 Å². The molecule has 3 heterocycles. The monoisotopic (exact) mass is 311 g/mol. The molecule has 6 heteroatoms. The highest BCUT2D eigenvalue weighted by molar-refractivity contribution is 8.02. The van der Waals surface area contributed by atoms with E-state index in [1.807, 2.05) is 24.3 Å². The number of amides is 2. The SMILES string of the molecule is O=C1CCC2(C(=O)Nc3cccnc3)Sc3ccccc3N12. The van der Waals surface area contributed by atoms with Crippen LogP contribution in [0.15, 0.2) is 53.7 Å². The van der Waals surface area contributed by atoms with Crippen molar-refractivity contribution in [3.05, 3.63) is 48.8 Å². The van der Waals surface area contributed by atoms with Gasteiger partial charge in [0.05, 0.1) is 17.6 Å². The maximum Gasteiger partial charge on any atom is 0.261 e. The first kappa shape index (κ1) is 13.3. The zero-order valence-corrected chi connectivity index (χ0v) is 12.5. The van der Waals surface area contributed by atoms with Crippen molar-refractivity contribution in [2.24, 2.45) is 0 Å². The molecule has 2 amide bonds. The highest BCUT2D eigenvalue weighted by Crippen LogP contribution is 2.55. The van der Waals surface area contributed by atoms with Gasteiger partial charge in [-0.05, 0) is 30.7 Å². The lowest BCUT2D eigenvalue weighted by atomic mass is 10.1. The van der Waals surface area contributed by atoms with Gasteiger partial charge in [0, 0.05) is 17.5 Å². The van der Waals surface area contributed by atoms with E-state index in [0.29, 0.717) is 18.5 Å². The first-order chi connectivity index (χ1) is 10.7. The van der Waals surface area contributed by atoms with Gasteiger partial charge in [-0.3, -0.25) is 19.5 Å². The Hall–Kier alpha value is -2.34. The van der Waals surface area contributed by atoms with Gasteiger partial charge in [-0.1, -0.05) is 23.9 Å². The van der Waals surface area contributed by atoms with E-state index in [0.717, 1.165) is 10.6 Å². The summed E-state index contributed by atoms with van der Waals surface area (Å²) in [6.07, 6.45) is 4.15. The molecule has 2 aliphatic heterocycles. The first-order valence-corrected chi connectivity index (χ1v) is 7.85. The van der Waals surface area contributed by atoms with Crippen LogP contribution in [0.1, 0.15) is 12.8 Å². The second-order valence-electron chi connectivity index (χ2n) is 5.28. The summed E-state index contributed by atoms with van der Waals surface area (Å²) in [5.41, 5.74) is 1.47. The Labute approximate surface area is 131 Å². The molecule has 1 saturated heterocycles. The van der Waals surface area contributed by atoms with Gasteiger partial charge in [-0.2, -0.15) is 0 Å². The molecule has 2 aromatic rings. The predicted octanol–water partition coefficient (Wildman–Crippen LogP) is 2.65. The van der Waals surface area contributed by atoms with Crippen LogP contribution >= 0.6 is 11.8 Å². The van der Waals surface area contributed by atoms with E-state index in [4.69, 9.17) is 0 Å². The summed E-state index contributed by atoms with van der Waals surface area (Å²) in [7, 11) is 0. The summed E-state index contributed by atoms with van der Waals surface area (Å²) in [6.45, 7) is 0. The number of nitrogens with zero attached hydrogens (tertiary/aromatic N) is 2. The molecule has 0 aliphatic carbocycles. The third kappa shape index (κ3) is 1.84. The molecule has 1 atom stereocenters. The minimum atomic E-state index is -0.878. The van der Waals surface area contributed by atoms with Crippen molar-refractivity contribution in [2.75, 3.05) is 10.2 Å². The topological polar surface area (TPSA) is 62.3 Å². The van der Waals surface area contributed by atoms with Gasteiger partial charge in [-0.15, -0.1) is 0 Å².